The largest absolute Gasteiger partial charge is 0.308 e. The first-order chi connectivity index (χ1) is 6.09. The molecule has 13 heavy (non-hydrogen) atoms. The molecule has 0 bridgehead atoms. The summed E-state index contributed by atoms with van der Waals surface area (Å²) in [6, 6.07) is 0.390. The molecule has 1 rings (SSSR count). The van der Waals surface area contributed by atoms with Gasteiger partial charge in [0.1, 0.15) is 5.01 Å². The molecule has 0 aliphatic heterocycles. The van der Waals surface area contributed by atoms with Gasteiger partial charge in [-0.15, -0.1) is 11.3 Å². The number of hydrogen-bond donors (Lipinski definition) is 1. The van der Waals surface area contributed by atoms with Crippen LogP contribution in [0.15, 0.2) is 5.38 Å². The Labute approximate surface area is 84.4 Å². The molecule has 0 aliphatic carbocycles. The number of thiazole rings is 1. The number of aromatic nitrogens is 1. The molecule has 3 heteroatoms. The van der Waals surface area contributed by atoms with Gasteiger partial charge in [0, 0.05) is 11.1 Å². The highest BCUT2D eigenvalue weighted by Crippen LogP contribution is 2.17. The molecule has 1 aromatic heterocycles. The molecule has 0 saturated heterocycles. The average Bonchev–Trinajstić information content (AvgIpc) is 2.47. The third kappa shape index (κ3) is 3.44. The van der Waals surface area contributed by atoms with Crippen LogP contribution in [0.5, 0.6) is 0 Å². The molecular weight excluding hydrogens is 180 g/mol. The Balaban J connectivity index is 2.44. The lowest BCUT2D eigenvalue weighted by Crippen LogP contribution is -2.23. The Kier molecular flexibility index (Phi) is 3.88. The first kappa shape index (κ1) is 10.7. The zero-order valence-corrected chi connectivity index (χ0v) is 9.61. The van der Waals surface area contributed by atoms with Gasteiger partial charge in [0.25, 0.3) is 0 Å². The molecule has 0 spiro atoms. The number of nitrogens with zero attached hydrogens (tertiary/aromatic N) is 1. The van der Waals surface area contributed by atoms with Crippen molar-refractivity contribution in [1.82, 2.24) is 10.3 Å². The molecule has 1 aromatic rings. The standard InChI is InChI=1S/C10H18N2S/c1-7(2)5-11-9(4)10-12-8(3)6-13-10/h6-7,9,11H,5H2,1-4H3. The second-order valence-electron chi connectivity index (χ2n) is 3.85. The van der Waals surface area contributed by atoms with Gasteiger partial charge in [0.05, 0.1) is 6.04 Å². The number of nitrogens with one attached hydrogen (secondary N) is 1. The fourth-order valence-electron chi connectivity index (χ4n) is 1.07. The summed E-state index contributed by atoms with van der Waals surface area (Å²) in [6.45, 7) is 9.69. The molecule has 74 valence electrons. The summed E-state index contributed by atoms with van der Waals surface area (Å²) in [4.78, 5) is 4.44. The topological polar surface area (TPSA) is 24.9 Å². The Morgan fingerprint density at radius 2 is 2.15 bits per heavy atom. The summed E-state index contributed by atoms with van der Waals surface area (Å²) in [5.74, 6) is 0.698. The lowest BCUT2D eigenvalue weighted by atomic mass is 10.2. The maximum absolute atomic E-state index is 4.44. The van der Waals surface area contributed by atoms with E-state index in [1.807, 2.05) is 6.92 Å². The van der Waals surface area contributed by atoms with Crippen LogP contribution in [-0.2, 0) is 0 Å². The number of hydrogen-bond acceptors (Lipinski definition) is 3. The number of rotatable bonds is 4. The van der Waals surface area contributed by atoms with E-state index in [1.54, 1.807) is 11.3 Å². The van der Waals surface area contributed by atoms with Crippen LogP contribution < -0.4 is 5.32 Å². The first-order valence-electron chi connectivity index (χ1n) is 4.75. The van der Waals surface area contributed by atoms with Crippen molar-refractivity contribution in [1.29, 1.82) is 0 Å². The van der Waals surface area contributed by atoms with Gasteiger partial charge < -0.3 is 5.32 Å². The molecule has 1 heterocycles. The van der Waals surface area contributed by atoms with Crippen molar-refractivity contribution in [2.45, 2.75) is 33.7 Å². The van der Waals surface area contributed by atoms with E-state index in [0.29, 0.717) is 12.0 Å². The van der Waals surface area contributed by atoms with E-state index in [1.165, 1.54) is 5.01 Å². The highest BCUT2D eigenvalue weighted by Gasteiger charge is 2.08. The Bertz CT molecular complexity index is 255. The van der Waals surface area contributed by atoms with Crippen molar-refractivity contribution in [3.8, 4) is 0 Å². The zero-order valence-electron chi connectivity index (χ0n) is 8.79. The molecule has 0 aliphatic rings. The van der Waals surface area contributed by atoms with Crippen molar-refractivity contribution in [3.05, 3.63) is 16.1 Å². The van der Waals surface area contributed by atoms with Crippen molar-refractivity contribution < 1.29 is 0 Å². The predicted molar refractivity (Wildman–Crippen MR) is 58.1 cm³/mol. The van der Waals surface area contributed by atoms with E-state index in [0.717, 1.165) is 12.2 Å². The fraction of sp³-hybridized carbons (Fsp3) is 0.700. The van der Waals surface area contributed by atoms with Gasteiger partial charge in [-0.3, -0.25) is 0 Å². The van der Waals surface area contributed by atoms with Crippen molar-refractivity contribution >= 4 is 11.3 Å². The second kappa shape index (κ2) is 4.72. The SMILES string of the molecule is Cc1csc(C(C)NCC(C)C)n1. The summed E-state index contributed by atoms with van der Waals surface area (Å²) in [7, 11) is 0. The van der Waals surface area contributed by atoms with Gasteiger partial charge in [-0.05, 0) is 26.3 Å². The van der Waals surface area contributed by atoms with Crippen LogP contribution >= 0.6 is 11.3 Å². The van der Waals surface area contributed by atoms with E-state index in [4.69, 9.17) is 0 Å². The van der Waals surface area contributed by atoms with Gasteiger partial charge in [-0.2, -0.15) is 0 Å². The molecule has 0 aromatic carbocycles. The minimum atomic E-state index is 0.390. The quantitative estimate of drug-likeness (QED) is 0.804. The fourth-order valence-corrected chi connectivity index (χ4v) is 1.90. The summed E-state index contributed by atoms with van der Waals surface area (Å²) < 4.78 is 0. The van der Waals surface area contributed by atoms with Gasteiger partial charge in [-0.1, -0.05) is 13.8 Å². The molecule has 0 saturated carbocycles. The molecular formula is C10H18N2S. The molecule has 1 unspecified atom stereocenters. The molecule has 2 nitrogen and oxygen atoms in total. The van der Waals surface area contributed by atoms with Crippen molar-refractivity contribution in [2.75, 3.05) is 6.54 Å². The second-order valence-corrected chi connectivity index (χ2v) is 4.74. The van der Waals surface area contributed by atoms with Crippen molar-refractivity contribution in [2.24, 2.45) is 5.92 Å². The maximum atomic E-state index is 4.44. The van der Waals surface area contributed by atoms with Crippen LogP contribution in [0, 0.1) is 12.8 Å². The monoisotopic (exact) mass is 198 g/mol. The van der Waals surface area contributed by atoms with Gasteiger partial charge in [0.2, 0.25) is 0 Å². The molecule has 1 atom stereocenters. The Hall–Kier alpha value is -0.410. The molecule has 0 radical (unpaired) electrons. The summed E-state index contributed by atoms with van der Waals surface area (Å²) in [5, 5.41) is 6.75. The average molecular weight is 198 g/mol. The van der Waals surface area contributed by atoms with Crippen LogP contribution in [0.3, 0.4) is 0 Å². The van der Waals surface area contributed by atoms with Crippen molar-refractivity contribution in [3.63, 3.8) is 0 Å². The van der Waals surface area contributed by atoms with E-state index < -0.39 is 0 Å². The highest BCUT2D eigenvalue weighted by atomic mass is 32.1. The predicted octanol–water partition coefficient (Wildman–Crippen LogP) is 2.76. The molecule has 1 N–H and O–H groups in total. The third-order valence-corrected chi connectivity index (χ3v) is 2.98. The molecule has 0 amide bonds. The maximum Gasteiger partial charge on any atom is 0.110 e. The van der Waals surface area contributed by atoms with Crippen LogP contribution in [0.4, 0.5) is 0 Å². The van der Waals surface area contributed by atoms with Gasteiger partial charge in [-0.25, -0.2) is 4.98 Å². The molecule has 0 fully saturated rings. The van der Waals surface area contributed by atoms with Crippen LogP contribution in [-0.4, -0.2) is 11.5 Å². The highest BCUT2D eigenvalue weighted by molar-refractivity contribution is 7.09. The smallest absolute Gasteiger partial charge is 0.110 e. The lowest BCUT2D eigenvalue weighted by molar-refractivity contribution is 0.495. The van der Waals surface area contributed by atoms with E-state index >= 15 is 0 Å². The van der Waals surface area contributed by atoms with Crippen LogP contribution in [0.25, 0.3) is 0 Å². The number of aryl methyl sites for hydroxylation is 1. The van der Waals surface area contributed by atoms with E-state index in [2.05, 4.69) is 36.5 Å². The summed E-state index contributed by atoms with van der Waals surface area (Å²) >= 11 is 1.74. The third-order valence-electron chi connectivity index (χ3n) is 1.84. The Morgan fingerprint density at radius 1 is 1.46 bits per heavy atom. The van der Waals surface area contributed by atoms with Gasteiger partial charge in [0.15, 0.2) is 0 Å². The van der Waals surface area contributed by atoms with E-state index in [9.17, 15) is 0 Å². The summed E-state index contributed by atoms with van der Waals surface area (Å²) in [5.41, 5.74) is 1.12. The minimum Gasteiger partial charge on any atom is -0.308 e. The van der Waals surface area contributed by atoms with E-state index in [-0.39, 0.29) is 0 Å². The normalized spacial score (nSPS) is 13.6. The Morgan fingerprint density at radius 3 is 2.62 bits per heavy atom. The zero-order chi connectivity index (χ0) is 9.84. The van der Waals surface area contributed by atoms with Gasteiger partial charge >= 0.3 is 0 Å². The van der Waals surface area contributed by atoms with Crippen LogP contribution in [0.1, 0.15) is 37.5 Å². The first-order valence-corrected chi connectivity index (χ1v) is 5.63. The lowest BCUT2D eigenvalue weighted by Gasteiger charge is -2.12. The summed E-state index contributed by atoms with van der Waals surface area (Å²) in [6.07, 6.45) is 0. The van der Waals surface area contributed by atoms with Crippen LogP contribution in [0.2, 0.25) is 0 Å². The minimum absolute atomic E-state index is 0.390.